The molecule has 3 aromatic heterocycles. The molecule has 0 saturated carbocycles. The summed E-state index contributed by atoms with van der Waals surface area (Å²) in [6, 6.07) is 7.54. The van der Waals surface area contributed by atoms with Gasteiger partial charge in [0.05, 0.1) is 35.8 Å². The molecule has 1 amide bonds. The number of benzene rings is 1. The fraction of sp³-hybridized carbons (Fsp3) is 0.105. The minimum atomic E-state index is -0.501. The Morgan fingerprint density at radius 2 is 2.03 bits per heavy atom. The Balaban J connectivity index is 1.50. The first-order chi connectivity index (χ1) is 14.6. The number of aromatic nitrogens is 4. The molecule has 0 fully saturated rings. The normalized spacial score (nSPS) is 10.9. The van der Waals surface area contributed by atoms with E-state index in [9.17, 15) is 14.0 Å². The monoisotopic (exact) mass is 443 g/mol. The number of amides is 1. The van der Waals surface area contributed by atoms with E-state index in [1.165, 1.54) is 48.7 Å². The molecule has 3 heterocycles. The molecule has 11 heteroatoms. The molecule has 0 spiro atoms. The van der Waals surface area contributed by atoms with Crippen LogP contribution in [0.1, 0.15) is 9.67 Å². The highest BCUT2D eigenvalue weighted by Crippen LogP contribution is 2.27. The first-order valence-corrected chi connectivity index (χ1v) is 10.5. The van der Waals surface area contributed by atoms with Crippen molar-refractivity contribution in [2.45, 2.75) is 5.03 Å². The molecular formula is C19H14FN5O3S2. The van der Waals surface area contributed by atoms with Crippen LogP contribution in [0.25, 0.3) is 16.7 Å². The zero-order valence-corrected chi connectivity index (χ0v) is 17.2. The van der Waals surface area contributed by atoms with Crippen LogP contribution in [0.3, 0.4) is 0 Å². The number of anilines is 1. The zero-order chi connectivity index (χ0) is 21.1. The third-order valence-corrected chi connectivity index (χ3v) is 5.95. The summed E-state index contributed by atoms with van der Waals surface area (Å²) in [5.41, 5.74) is 1.62. The molecule has 0 aliphatic carbocycles. The van der Waals surface area contributed by atoms with Gasteiger partial charge in [0.1, 0.15) is 22.0 Å². The molecule has 0 aliphatic rings. The van der Waals surface area contributed by atoms with Crippen LogP contribution >= 0.6 is 23.1 Å². The summed E-state index contributed by atoms with van der Waals surface area (Å²) >= 11 is 2.41. The SMILES string of the molecule is COC(=O)c1sccc1NC(=O)CSc1ncnc2c1cnn2-c1ccc(F)cc1. The number of halogens is 1. The lowest BCUT2D eigenvalue weighted by molar-refractivity contribution is -0.113. The van der Waals surface area contributed by atoms with Crippen LogP contribution in [-0.2, 0) is 9.53 Å². The van der Waals surface area contributed by atoms with Gasteiger partial charge in [-0.2, -0.15) is 5.10 Å². The Morgan fingerprint density at radius 1 is 1.23 bits per heavy atom. The molecule has 1 N–H and O–H groups in total. The zero-order valence-electron chi connectivity index (χ0n) is 15.5. The Bertz CT molecular complexity index is 1220. The molecule has 8 nitrogen and oxygen atoms in total. The molecule has 152 valence electrons. The van der Waals surface area contributed by atoms with E-state index in [0.717, 1.165) is 0 Å². The third-order valence-electron chi connectivity index (χ3n) is 4.05. The first-order valence-electron chi connectivity index (χ1n) is 8.60. The van der Waals surface area contributed by atoms with Crippen molar-refractivity contribution in [1.29, 1.82) is 0 Å². The van der Waals surface area contributed by atoms with Crippen molar-refractivity contribution >= 4 is 51.7 Å². The van der Waals surface area contributed by atoms with Crippen molar-refractivity contribution in [2.24, 2.45) is 0 Å². The van der Waals surface area contributed by atoms with E-state index < -0.39 is 5.97 Å². The topological polar surface area (TPSA) is 99.0 Å². The number of carbonyl (C=O) groups excluding carboxylic acids is 2. The average molecular weight is 443 g/mol. The number of ether oxygens (including phenoxy) is 1. The van der Waals surface area contributed by atoms with Crippen molar-refractivity contribution in [3.63, 3.8) is 0 Å². The summed E-state index contributed by atoms with van der Waals surface area (Å²) in [5, 5.41) is 9.98. The molecule has 4 rings (SSSR count). The maximum absolute atomic E-state index is 13.2. The van der Waals surface area contributed by atoms with Gasteiger partial charge in [-0.05, 0) is 35.7 Å². The second-order valence-corrected chi connectivity index (χ2v) is 7.82. The van der Waals surface area contributed by atoms with E-state index in [1.807, 2.05) is 0 Å². The summed E-state index contributed by atoms with van der Waals surface area (Å²) in [6.07, 6.45) is 2.99. The van der Waals surface area contributed by atoms with Gasteiger partial charge >= 0.3 is 5.97 Å². The van der Waals surface area contributed by atoms with Crippen molar-refractivity contribution in [2.75, 3.05) is 18.2 Å². The van der Waals surface area contributed by atoms with Crippen molar-refractivity contribution in [1.82, 2.24) is 19.7 Å². The number of esters is 1. The number of rotatable bonds is 6. The fourth-order valence-electron chi connectivity index (χ4n) is 2.69. The summed E-state index contributed by atoms with van der Waals surface area (Å²) < 4.78 is 19.5. The van der Waals surface area contributed by atoms with Gasteiger partial charge in [-0.25, -0.2) is 23.8 Å². The quantitative estimate of drug-likeness (QED) is 0.276. The number of thioether (sulfide) groups is 1. The van der Waals surface area contributed by atoms with Gasteiger partial charge in [0, 0.05) is 0 Å². The number of methoxy groups -OCH3 is 1. The lowest BCUT2D eigenvalue weighted by atomic mass is 10.3. The van der Waals surface area contributed by atoms with Crippen LogP contribution in [0, 0.1) is 5.82 Å². The molecule has 30 heavy (non-hydrogen) atoms. The number of hydrogen-bond donors (Lipinski definition) is 1. The molecule has 0 saturated heterocycles. The van der Waals surface area contributed by atoms with Crippen LogP contribution < -0.4 is 5.32 Å². The molecular weight excluding hydrogens is 429 g/mol. The van der Waals surface area contributed by atoms with E-state index in [2.05, 4.69) is 20.4 Å². The molecule has 0 atom stereocenters. The Labute approximate surface area is 178 Å². The Hall–Kier alpha value is -3.31. The minimum absolute atomic E-state index is 0.0737. The molecule has 0 radical (unpaired) electrons. The van der Waals surface area contributed by atoms with Gasteiger partial charge in [-0.3, -0.25) is 4.79 Å². The van der Waals surface area contributed by atoms with E-state index in [1.54, 1.807) is 34.5 Å². The number of nitrogens with one attached hydrogen (secondary N) is 1. The number of nitrogens with zero attached hydrogens (tertiary/aromatic N) is 4. The lowest BCUT2D eigenvalue weighted by Gasteiger charge is -2.06. The summed E-state index contributed by atoms with van der Waals surface area (Å²) in [6.45, 7) is 0. The van der Waals surface area contributed by atoms with E-state index >= 15 is 0 Å². The van der Waals surface area contributed by atoms with Gasteiger partial charge in [-0.15, -0.1) is 11.3 Å². The lowest BCUT2D eigenvalue weighted by Crippen LogP contribution is -2.15. The predicted octanol–water partition coefficient (Wildman–Crippen LogP) is 3.53. The molecule has 0 bridgehead atoms. The molecule has 0 aliphatic heterocycles. The summed E-state index contributed by atoms with van der Waals surface area (Å²) in [7, 11) is 1.29. The average Bonchev–Trinajstić information content (AvgIpc) is 3.39. The van der Waals surface area contributed by atoms with Crippen LogP contribution in [0.2, 0.25) is 0 Å². The number of carbonyl (C=O) groups is 2. The number of hydrogen-bond acceptors (Lipinski definition) is 8. The van der Waals surface area contributed by atoms with Gasteiger partial charge < -0.3 is 10.1 Å². The number of fused-ring (bicyclic) bond motifs is 1. The smallest absolute Gasteiger partial charge is 0.350 e. The number of thiophene rings is 1. The minimum Gasteiger partial charge on any atom is -0.465 e. The van der Waals surface area contributed by atoms with Gasteiger partial charge in [0.15, 0.2) is 5.65 Å². The van der Waals surface area contributed by atoms with Crippen molar-refractivity contribution in [3.05, 3.63) is 58.9 Å². The standard InChI is InChI=1S/C19H14FN5O3S2/c1-28-19(27)16-14(6-7-29-16)24-15(26)9-30-18-13-8-23-25(17(13)21-10-22-18)12-4-2-11(20)3-5-12/h2-8,10H,9H2,1H3,(H,24,26). The highest BCUT2D eigenvalue weighted by atomic mass is 32.2. The fourth-order valence-corrected chi connectivity index (χ4v) is 4.21. The van der Waals surface area contributed by atoms with Crippen molar-refractivity contribution in [3.8, 4) is 5.69 Å². The maximum Gasteiger partial charge on any atom is 0.350 e. The van der Waals surface area contributed by atoms with Crippen LogP contribution in [0.15, 0.2) is 53.3 Å². The highest BCUT2D eigenvalue weighted by Gasteiger charge is 2.17. The summed E-state index contributed by atoms with van der Waals surface area (Å²) in [4.78, 5) is 32.9. The third kappa shape index (κ3) is 4.02. The molecule has 0 unspecified atom stereocenters. The summed E-state index contributed by atoms with van der Waals surface area (Å²) in [5.74, 6) is -1.06. The van der Waals surface area contributed by atoms with E-state index in [0.29, 0.717) is 32.3 Å². The molecule has 4 aromatic rings. The predicted molar refractivity (Wildman–Crippen MR) is 112 cm³/mol. The van der Waals surface area contributed by atoms with Gasteiger partial charge in [-0.1, -0.05) is 11.8 Å². The second kappa shape index (κ2) is 8.59. The van der Waals surface area contributed by atoms with Crippen molar-refractivity contribution < 1.29 is 18.7 Å². The van der Waals surface area contributed by atoms with Gasteiger partial charge in [0.25, 0.3) is 0 Å². The van der Waals surface area contributed by atoms with Crippen LogP contribution in [0.4, 0.5) is 10.1 Å². The molecule has 1 aromatic carbocycles. The largest absolute Gasteiger partial charge is 0.465 e. The van der Waals surface area contributed by atoms with E-state index in [-0.39, 0.29) is 17.5 Å². The highest BCUT2D eigenvalue weighted by molar-refractivity contribution is 8.00. The second-order valence-electron chi connectivity index (χ2n) is 5.94. The van der Waals surface area contributed by atoms with Gasteiger partial charge in [0.2, 0.25) is 5.91 Å². The van der Waals surface area contributed by atoms with E-state index in [4.69, 9.17) is 4.74 Å². The Morgan fingerprint density at radius 3 is 2.80 bits per heavy atom. The first kappa shape index (κ1) is 20.0. The van der Waals surface area contributed by atoms with Crippen LogP contribution in [0.5, 0.6) is 0 Å². The maximum atomic E-state index is 13.2. The van der Waals surface area contributed by atoms with Crippen LogP contribution in [-0.4, -0.2) is 44.5 Å². The Kier molecular flexibility index (Phi) is 5.72.